The minimum atomic E-state index is -4.56. The average Bonchev–Trinajstić information content (AvgIpc) is 3.19. The first-order valence-electron chi connectivity index (χ1n) is 8.49. The Morgan fingerprint density at radius 2 is 2.10 bits per heavy atom. The predicted octanol–water partition coefficient (Wildman–Crippen LogP) is 4.58. The molecule has 0 spiro atoms. The summed E-state index contributed by atoms with van der Waals surface area (Å²) in [6, 6.07) is 2.77. The van der Waals surface area contributed by atoms with Crippen molar-refractivity contribution in [2.24, 2.45) is 7.05 Å². The Hall–Kier alpha value is -2.37. The van der Waals surface area contributed by atoms with Crippen molar-refractivity contribution >= 4 is 50.0 Å². The van der Waals surface area contributed by atoms with Crippen molar-refractivity contribution < 1.29 is 17.9 Å². The van der Waals surface area contributed by atoms with Crippen LogP contribution in [-0.2, 0) is 18.0 Å². The number of ether oxygens (including phenoxy) is 1. The summed E-state index contributed by atoms with van der Waals surface area (Å²) in [7, 11) is 3.32. The minimum absolute atomic E-state index is 0.0541. The van der Waals surface area contributed by atoms with Gasteiger partial charge in [0.05, 0.1) is 27.8 Å². The van der Waals surface area contributed by atoms with E-state index in [1.54, 1.807) is 31.1 Å². The van der Waals surface area contributed by atoms with Crippen molar-refractivity contribution in [3.63, 3.8) is 0 Å². The molecule has 0 aliphatic rings. The van der Waals surface area contributed by atoms with Gasteiger partial charge >= 0.3 is 6.18 Å². The molecule has 4 heterocycles. The number of nitrogens with two attached hydrogens (primary N) is 1. The molecule has 0 saturated carbocycles. The molecule has 0 fully saturated rings. The maximum Gasteiger partial charge on any atom is 0.417 e. The quantitative estimate of drug-likeness (QED) is 0.362. The molecule has 4 aromatic heterocycles. The highest BCUT2D eigenvalue weighted by molar-refractivity contribution is 8.01. The zero-order valence-corrected chi connectivity index (χ0v) is 17.1. The van der Waals surface area contributed by atoms with Gasteiger partial charge < -0.3 is 10.5 Å². The topological polar surface area (TPSA) is 78.9 Å². The Bertz CT molecular complexity index is 1200. The normalized spacial score (nSPS) is 12.3. The molecule has 0 radical (unpaired) electrons. The zero-order valence-electron chi connectivity index (χ0n) is 15.4. The maximum atomic E-state index is 13.8. The molecule has 152 valence electrons. The summed E-state index contributed by atoms with van der Waals surface area (Å²) in [6.07, 6.45) is -1.33. The molecule has 4 rings (SSSR count). The van der Waals surface area contributed by atoms with E-state index in [4.69, 9.17) is 10.5 Å². The SMILES string of the molecule is COCCSc1sc2nc(-c3cnc4nn(C)cc4c3)cc(C(F)(F)F)c2c1N. The van der Waals surface area contributed by atoms with Crippen molar-refractivity contribution in [2.45, 2.75) is 10.4 Å². The summed E-state index contributed by atoms with van der Waals surface area (Å²) in [5.41, 5.74) is 6.58. The van der Waals surface area contributed by atoms with E-state index in [-0.39, 0.29) is 21.6 Å². The van der Waals surface area contributed by atoms with E-state index in [1.807, 2.05) is 0 Å². The summed E-state index contributed by atoms with van der Waals surface area (Å²) < 4.78 is 48.7. The number of hydrogen-bond acceptors (Lipinski definition) is 7. The third kappa shape index (κ3) is 3.77. The number of thiophene rings is 1. The van der Waals surface area contributed by atoms with Crippen LogP contribution in [0, 0.1) is 0 Å². The third-order valence-corrected chi connectivity index (χ3v) is 6.61. The molecule has 0 amide bonds. The van der Waals surface area contributed by atoms with Crippen LogP contribution in [0.25, 0.3) is 32.5 Å². The van der Waals surface area contributed by atoms with E-state index in [0.29, 0.717) is 27.8 Å². The Morgan fingerprint density at radius 1 is 1.31 bits per heavy atom. The highest BCUT2D eigenvalue weighted by Crippen LogP contribution is 2.46. The average molecular weight is 439 g/mol. The van der Waals surface area contributed by atoms with Crippen LogP contribution in [0.15, 0.2) is 28.7 Å². The molecular weight excluding hydrogens is 423 g/mol. The van der Waals surface area contributed by atoms with E-state index in [0.717, 1.165) is 22.8 Å². The number of methoxy groups -OCH3 is 1. The lowest BCUT2D eigenvalue weighted by molar-refractivity contribution is -0.136. The third-order valence-electron chi connectivity index (χ3n) is 4.26. The number of nitrogen functional groups attached to an aromatic ring is 1. The van der Waals surface area contributed by atoms with E-state index >= 15 is 0 Å². The van der Waals surface area contributed by atoms with Gasteiger partial charge in [0.2, 0.25) is 0 Å². The number of halogens is 3. The number of fused-ring (bicyclic) bond motifs is 2. The van der Waals surface area contributed by atoms with Crippen molar-refractivity contribution in [3.05, 3.63) is 30.1 Å². The maximum absolute atomic E-state index is 13.8. The molecular formula is C18H16F3N5OS2. The van der Waals surface area contributed by atoms with E-state index in [1.165, 1.54) is 18.0 Å². The lowest BCUT2D eigenvalue weighted by Crippen LogP contribution is -2.07. The van der Waals surface area contributed by atoms with E-state index in [9.17, 15) is 13.2 Å². The van der Waals surface area contributed by atoms with Crippen molar-refractivity contribution in [1.82, 2.24) is 19.7 Å². The van der Waals surface area contributed by atoms with Crippen LogP contribution in [0.4, 0.5) is 18.9 Å². The van der Waals surface area contributed by atoms with Gasteiger partial charge in [-0.2, -0.15) is 18.3 Å². The van der Waals surface area contributed by atoms with Gasteiger partial charge in [0.15, 0.2) is 5.65 Å². The van der Waals surface area contributed by atoms with Crippen LogP contribution in [0.3, 0.4) is 0 Å². The Morgan fingerprint density at radius 3 is 2.83 bits per heavy atom. The highest BCUT2D eigenvalue weighted by atomic mass is 32.2. The Balaban J connectivity index is 1.88. The van der Waals surface area contributed by atoms with Crippen molar-refractivity contribution in [2.75, 3.05) is 25.2 Å². The second kappa shape index (κ2) is 7.47. The molecule has 0 aliphatic carbocycles. The fourth-order valence-electron chi connectivity index (χ4n) is 2.97. The molecule has 2 N–H and O–H groups in total. The van der Waals surface area contributed by atoms with Crippen molar-refractivity contribution in [3.8, 4) is 11.3 Å². The Labute approximate surface area is 171 Å². The minimum Gasteiger partial charge on any atom is -0.397 e. The monoisotopic (exact) mass is 439 g/mol. The van der Waals surface area contributed by atoms with Gasteiger partial charge in [0, 0.05) is 48.6 Å². The fourth-order valence-corrected chi connectivity index (χ4v) is 5.24. The zero-order chi connectivity index (χ0) is 20.8. The number of aryl methyl sites for hydroxylation is 1. The summed E-state index contributed by atoms with van der Waals surface area (Å²) in [5.74, 6) is 0.587. The van der Waals surface area contributed by atoms with Crippen LogP contribution >= 0.6 is 23.1 Å². The molecule has 0 saturated heterocycles. The summed E-state index contributed by atoms with van der Waals surface area (Å²) in [5, 5.41) is 4.85. The molecule has 0 atom stereocenters. The second-order valence-electron chi connectivity index (χ2n) is 6.32. The molecule has 0 unspecified atom stereocenters. The van der Waals surface area contributed by atoms with Gasteiger partial charge in [0.1, 0.15) is 4.83 Å². The highest BCUT2D eigenvalue weighted by Gasteiger charge is 2.35. The number of hydrogen-bond donors (Lipinski definition) is 1. The number of alkyl halides is 3. The first-order valence-corrected chi connectivity index (χ1v) is 10.3. The summed E-state index contributed by atoms with van der Waals surface area (Å²) in [4.78, 5) is 8.95. The summed E-state index contributed by atoms with van der Waals surface area (Å²) >= 11 is 2.52. The molecule has 0 aromatic carbocycles. The van der Waals surface area contributed by atoms with Crippen LogP contribution < -0.4 is 5.73 Å². The fraction of sp³-hybridized carbons (Fsp3) is 0.278. The number of pyridine rings is 2. The van der Waals surface area contributed by atoms with Gasteiger partial charge in [-0.1, -0.05) is 0 Å². The predicted molar refractivity (Wildman–Crippen MR) is 109 cm³/mol. The van der Waals surface area contributed by atoms with Gasteiger partial charge in [0.25, 0.3) is 0 Å². The second-order valence-corrected chi connectivity index (χ2v) is 8.68. The lowest BCUT2D eigenvalue weighted by atomic mass is 10.1. The lowest BCUT2D eigenvalue weighted by Gasteiger charge is -2.11. The first-order chi connectivity index (χ1) is 13.8. The number of aromatic nitrogens is 4. The first kappa shape index (κ1) is 19.9. The van der Waals surface area contributed by atoms with Gasteiger partial charge in [-0.3, -0.25) is 4.68 Å². The number of nitrogens with zero attached hydrogens (tertiary/aromatic N) is 4. The van der Waals surface area contributed by atoms with Gasteiger partial charge in [-0.05, 0) is 12.1 Å². The molecule has 4 aromatic rings. The van der Waals surface area contributed by atoms with E-state index < -0.39 is 11.7 Å². The molecule has 6 nitrogen and oxygen atoms in total. The molecule has 0 aliphatic heterocycles. The van der Waals surface area contributed by atoms with Gasteiger partial charge in [-0.25, -0.2) is 9.97 Å². The molecule has 29 heavy (non-hydrogen) atoms. The van der Waals surface area contributed by atoms with Gasteiger partial charge in [-0.15, -0.1) is 23.1 Å². The van der Waals surface area contributed by atoms with Crippen LogP contribution in [-0.4, -0.2) is 39.2 Å². The van der Waals surface area contributed by atoms with Crippen LogP contribution in [0.2, 0.25) is 0 Å². The number of rotatable bonds is 5. The largest absolute Gasteiger partial charge is 0.417 e. The smallest absolute Gasteiger partial charge is 0.397 e. The molecule has 11 heteroatoms. The van der Waals surface area contributed by atoms with Crippen LogP contribution in [0.1, 0.15) is 5.56 Å². The van der Waals surface area contributed by atoms with Crippen molar-refractivity contribution in [1.29, 1.82) is 0 Å². The Kier molecular flexibility index (Phi) is 5.13. The van der Waals surface area contributed by atoms with E-state index in [2.05, 4.69) is 15.1 Å². The summed E-state index contributed by atoms with van der Waals surface area (Å²) in [6.45, 7) is 0.472. The number of anilines is 1. The standard InChI is InChI=1S/C18H16F3N5OS2/c1-26-8-10-5-9(7-23-15(10)25-26)12-6-11(18(19,20)21)13-14(22)17(28-4-3-27-2)29-16(13)24-12/h5-8H,3-4,22H2,1-2H3. The number of thioether (sulfide) groups is 1. The van der Waals surface area contributed by atoms with Crippen LogP contribution in [0.5, 0.6) is 0 Å². The molecule has 0 bridgehead atoms.